The molecule has 0 N–H and O–H groups in total. The van der Waals surface area contributed by atoms with Gasteiger partial charge in [0.05, 0.1) is 7.11 Å². The first-order chi connectivity index (χ1) is 8.45. The molecule has 0 bridgehead atoms. The predicted molar refractivity (Wildman–Crippen MR) is 69.2 cm³/mol. The normalized spacial score (nSPS) is 11.8. The Morgan fingerprint density at radius 1 is 1.25 bits per heavy atom. The molecule has 5 nitrogen and oxygen atoms in total. The minimum Gasteiger partial charge on any atom is -0.845 e. The predicted octanol–water partition coefficient (Wildman–Crippen LogP) is -5.87. The van der Waals surface area contributed by atoms with Gasteiger partial charge in [0.1, 0.15) is 0 Å². The summed E-state index contributed by atoms with van der Waals surface area (Å²) in [5.74, 6) is 0.444. The van der Waals surface area contributed by atoms with Gasteiger partial charge in [0.2, 0.25) is 0 Å². The average molecular weight is 265 g/mol. The first kappa shape index (κ1) is 22.2. The van der Waals surface area contributed by atoms with E-state index in [9.17, 15) is 5.11 Å². The van der Waals surface area contributed by atoms with E-state index in [0.29, 0.717) is 23.7 Å². The van der Waals surface area contributed by atoms with Crippen molar-refractivity contribution in [3.05, 3.63) is 30.3 Å². The molecule has 0 aliphatic heterocycles. The third-order valence-electron chi connectivity index (χ3n) is 2.73. The van der Waals surface area contributed by atoms with Crippen LogP contribution in [0.3, 0.4) is 0 Å². The molecule has 1 rings (SSSR count). The van der Waals surface area contributed by atoms with Crippen molar-refractivity contribution in [3.63, 3.8) is 0 Å². The molecular formula is C13H21Li2N3O2. The summed E-state index contributed by atoms with van der Waals surface area (Å²) in [7, 11) is 7.28. The molecule has 1 heterocycles. The van der Waals surface area contributed by atoms with E-state index in [1.165, 1.54) is 7.11 Å². The molecule has 7 heteroatoms. The van der Waals surface area contributed by atoms with Crippen LogP contribution >= 0.6 is 0 Å². The summed E-state index contributed by atoms with van der Waals surface area (Å²) < 4.78 is 5.03. The van der Waals surface area contributed by atoms with Gasteiger partial charge in [-0.05, 0) is 21.1 Å². The Kier molecular flexibility index (Phi) is 11.8. The van der Waals surface area contributed by atoms with Gasteiger partial charge < -0.3 is 19.6 Å². The van der Waals surface area contributed by atoms with Gasteiger partial charge in [0, 0.05) is 13.1 Å². The summed E-state index contributed by atoms with van der Waals surface area (Å²) in [6.45, 7) is 5.34. The zero-order valence-electron chi connectivity index (χ0n) is 13.5. The number of pyridine rings is 1. The Morgan fingerprint density at radius 3 is 2.35 bits per heavy atom. The summed E-state index contributed by atoms with van der Waals surface area (Å²) in [6, 6.07) is 3.46. The van der Waals surface area contributed by atoms with Gasteiger partial charge in [-0.15, -0.1) is 0 Å². The van der Waals surface area contributed by atoms with E-state index in [2.05, 4.69) is 11.9 Å². The van der Waals surface area contributed by atoms with Crippen LogP contribution in [0.5, 0.6) is 5.88 Å². The van der Waals surface area contributed by atoms with E-state index < -0.39 is 6.23 Å². The number of methoxy groups -OCH3 is 1. The van der Waals surface area contributed by atoms with E-state index in [-0.39, 0.29) is 37.7 Å². The third-order valence-corrected chi connectivity index (χ3v) is 2.73. The average Bonchev–Trinajstić information content (AvgIpc) is 2.35. The van der Waals surface area contributed by atoms with Crippen LogP contribution in [-0.4, -0.2) is 56.1 Å². The maximum absolute atomic E-state index is 12.3. The number of aromatic nitrogens is 1. The van der Waals surface area contributed by atoms with E-state index in [0.717, 1.165) is 6.54 Å². The van der Waals surface area contributed by atoms with Gasteiger partial charge in [-0.1, -0.05) is 18.0 Å². The Labute approximate surface area is 146 Å². The van der Waals surface area contributed by atoms with Crippen molar-refractivity contribution in [2.24, 2.45) is 0 Å². The van der Waals surface area contributed by atoms with E-state index >= 15 is 0 Å². The SMILES string of the molecule is [CH2-]c1ccc(OC)nc1C([O-])N(C)CCN(C)C.[Li+].[Li+]. The second-order valence-electron chi connectivity index (χ2n) is 4.53. The first-order valence-corrected chi connectivity index (χ1v) is 5.83. The quantitative estimate of drug-likeness (QED) is 0.291. The third kappa shape index (κ3) is 6.56. The van der Waals surface area contributed by atoms with Crippen LogP contribution in [0, 0.1) is 6.92 Å². The van der Waals surface area contributed by atoms with Gasteiger partial charge >= 0.3 is 37.7 Å². The summed E-state index contributed by atoms with van der Waals surface area (Å²) >= 11 is 0. The van der Waals surface area contributed by atoms with Crippen LogP contribution in [0.15, 0.2) is 12.1 Å². The molecular weight excluding hydrogens is 244 g/mol. The number of ether oxygens (including phenoxy) is 1. The number of nitrogens with zero attached hydrogens (tertiary/aromatic N) is 3. The van der Waals surface area contributed by atoms with Gasteiger partial charge in [-0.2, -0.15) is 18.6 Å². The molecule has 1 unspecified atom stereocenters. The molecule has 1 aromatic heterocycles. The van der Waals surface area contributed by atoms with Gasteiger partial charge in [-0.3, -0.25) is 4.98 Å². The molecule has 0 aromatic carbocycles. The molecule has 0 spiro atoms. The van der Waals surface area contributed by atoms with Crippen molar-refractivity contribution >= 4 is 0 Å². The second kappa shape index (κ2) is 10.6. The monoisotopic (exact) mass is 265 g/mol. The van der Waals surface area contributed by atoms with E-state index in [1.807, 2.05) is 19.0 Å². The summed E-state index contributed by atoms with van der Waals surface area (Å²) in [5, 5.41) is 12.3. The van der Waals surface area contributed by atoms with Crippen molar-refractivity contribution in [1.29, 1.82) is 0 Å². The zero-order valence-corrected chi connectivity index (χ0v) is 13.5. The van der Waals surface area contributed by atoms with Gasteiger partial charge in [0.25, 0.3) is 0 Å². The fraction of sp³-hybridized carbons (Fsp3) is 0.538. The van der Waals surface area contributed by atoms with Crippen LogP contribution in [0.2, 0.25) is 0 Å². The molecule has 0 saturated carbocycles. The van der Waals surface area contributed by atoms with Crippen LogP contribution in [-0.2, 0) is 0 Å². The van der Waals surface area contributed by atoms with Crippen molar-refractivity contribution in [2.45, 2.75) is 6.23 Å². The number of likely N-dealkylation sites (N-methyl/N-ethyl adjacent to an activating group) is 2. The molecule has 1 atom stereocenters. The summed E-state index contributed by atoms with van der Waals surface area (Å²) in [4.78, 5) is 7.94. The Hall–Kier alpha value is -0.105. The van der Waals surface area contributed by atoms with Crippen LogP contribution in [0.4, 0.5) is 0 Å². The minimum absolute atomic E-state index is 0. The molecule has 0 amide bonds. The molecule has 1 aromatic rings. The second-order valence-corrected chi connectivity index (χ2v) is 4.53. The fourth-order valence-electron chi connectivity index (χ4n) is 1.50. The Bertz CT molecular complexity index is 392. The summed E-state index contributed by atoms with van der Waals surface area (Å²) in [6.07, 6.45) is -1.02. The molecule has 0 radical (unpaired) electrons. The smallest absolute Gasteiger partial charge is 0.845 e. The van der Waals surface area contributed by atoms with E-state index in [1.54, 1.807) is 24.1 Å². The Balaban J connectivity index is 0. The summed E-state index contributed by atoms with van der Waals surface area (Å²) in [5.41, 5.74) is 1.07. The molecule has 0 aliphatic carbocycles. The molecule has 0 saturated heterocycles. The van der Waals surface area contributed by atoms with Crippen molar-refractivity contribution in [3.8, 4) is 5.88 Å². The standard InChI is InChI=1S/C13H21N3O2.2Li/c1-10-6-7-11(18-5)14-12(10)13(17)16(4)9-8-15(2)3;;/h6-7,13H,1,8-9H2,2-5H3;;/q-2;2*+1. The maximum atomic E-state index is 12.3. The van der Waals surface area contributed by atoms with Crippen LogP contribution < -0.4 is 47.6 Å². The largest absolute Gasteiger partial charge is 1.00 e. The Morgan fingerprint density at radius 2 is 1.85 bits per heavy atom. The van der Waals surface area contributed by atoms with Crippen molar-refractivity contribution in [1.82, 2.24) is 14.8 Å². The first-order valence-electron chi connectivity index (χ1n) is 5.83. The topological polar surface area (TPSA) is 51.7 Å². The molecule has 102 valence electrons. The van der Waals surface area contributed by atoms with Crippen LogP contribution in [0.25, 0.3) is 0 Å². The van der Waals surface area contributed by atoms with Gasteiger partial charge in [-0.25, -0.2) is 0 Å². The zero-order chi connectivity index (χ0) is 13.7. The number of hydrogen-bond acceptors (Lipinski definition) is 5. The minimum atomic E-state index is -1.02. The van der Waals surface area contributed by atoms with Gasteiger partial charge in [0.15, 0.2) is 5.88 Å². The van der Waals surface area contributed by atoms with Crippen LogP contribution in [0.1, 0.15) is 17.5 Å². The van der Waals surface area contributed by atoms with Crippen molar-refractivity contribution < 1.29 is 47.6 Å². The maximum Gasteiger partial charge on any atom is 1.00 e. The van der Waals surface area contributed by atoms with E-state index in [4.69, 9.17) is 4.74 Å². The molecule has 0 aliphatic rings. The van der Waals surface area contributed by atoms with Crippen molar-refractivity contribution in [2.75, 3.05) is 41.3 Å². The molecule has 20 heavy (non-hydrogen) atoms. The molecule has 0 fully saturated rings. The number of hydrogen-bond donors (Lipinski definition) is 0. The number of rotatable bonds is 6. The fourth-order valence-corrected chi connectivity index (χ4v) is 1.50.